The minimum atomic E-state index is -0.626. The van der Waals surface area contributed by atoms with E-state index in [0.717, 1.165) is 30.3 Å². The van der Waals surface area contributed by atoms with Crippen LogP contribution in [-0.4, -0.2) is 41.2 Å². The molecule has 0 aliphatic carbocycles. The largest absolute Gasteiger partial charge is 0.465 e. The highest BCUT2D eigenvalue weighted by Gasteiger charge is 2.35. The minimum Gasteiger partial charge on any atom is -0.465 e. The molecule has 1 N–H and O–H groups in total. The van der Waals surface area contributed by atoms with Crippen molar-refractivity contribution in [3.05, 3.63) is 58.9 Å². The van der Waals surface area contributed by atoms with E-state index >= 15 is 0 Å². The first-order valence-corrected chi connectivity index (χ1v) is 10.1. The highest BCUT2D eigenvalue weighted by molar-refractivity contribution is 6.07. The van der Waals surface area contributed by atoms with Crippen molar-refractivity contribution in [3.63, 3.8) is 0 Å². The van der Waals surface area contributed by atoms with Crippen LogP contribution < -0.4 is 0 Å². The summed E-state index contributed by atoms with van der Waals surface area (Å²) in [5.74, 6) is -1.15. The van der Waals surface area contributed by atoms with Gasteiger partial charge in [0, 0.05) is 23.5 Å². The number of fused-ring (bicyclic) bond motifs is 1. The lowest BCUT2D eigenvalue weighted by Crippen LogP contribution is -2.35. The maximum absolute atomic E-state index is 14.2. The number of halogens is 1. The fourth-order valence-electron chi connectivity index (χ4n) is 4.86. The van der Waals surface area contributed by atoms with Gasteiger partial charge in [-0.05, 0) is 56.6 Å². The van der Waals surface area contributed by atoms with Crippen molar-refractivity contribution < 1.29 is 19.0 Å². The first kappa shape index (κ1) is 20.6. The number of aromatic nitrogens is 1. The minimum absolute atomic E-state index is 0.0123. The standard InChI is InChI=1S/C24H27FN2O3/c1-24(10-5-11-26(24)2)16-8-6-15(7-9-16)22-19(14-28)21-18(23(29)30-4)12-17(25)13-20(21)27(22)3/h6-9,12-13,28H,5,10-11,14H2,1-4H3. The Hall–Kier alpha value is -2.70. The average Bonchev–Trinajstić information content (AvgIpc) is 3.24. The number of nitrogens with zero attached hydrogens (tertiary/aromatic N) is 2. The molecule has 5 nitrogen and oxygen atoms in total. The second kappa shape index (κ2) is 7.52. The summed E-state index contributed by atoms with van der Waals surface area (Å²) in [7, 11) is 5.23. The van der Waals surface area contributed by atoms with E-state index < -0.39 is 11.8 Å². The van der Waals surface area contributed by atoms with Crippen molar-refractivity contribution in [1.82, 2.24) is 9.47 Å². The molecule has 0 bridgehead atoms. The Labute approximate surface area is 175 Å². The molecular formula is C24H27FN2O3. The van der Waals surface area contributed by atoms with Crippen molar-refractivity contribution in [3.8, 4) is 11.3 Å². The zero-order valence-electron chi connectivity index (χ0n) is 17.8. The van der Waals surface area contributed by atoms with Crippen LogP contribution in [0, 0.1) is 5.82 Å². The molecule has 30 heavy (non-hydrogen) atoms. The number of rotatable bonds is 4. The number of aryl methyl sites for hydroxylation is 1. The highest BCUT2D eigenvalue weighted by Crippen LogP contribution is 2.40. The number of hydrogen-bond acceptors (Lipinski definition) is 4. The van der Waals surface area contributed by atoms with Gasteiger partial charge in [-0.2, -0.15) is 0 Å². The Bertz CT molecular complexity index is 1120. The Balaban J connectivity index is 1.89. The Morgan fingerprint density at radius 1 is 1.23 bits per heavy atom. The molecule has 1 saturated heterocycles. The quantitative estimate of drug-likeness (QED) is 0.655. The van der Waals surface area contributed by atoms with Crippen LogP contribution in [0.3, 0.4) is 0 Å². The molecule has 1 aliphatic rings. The third kappa shape index (κ3) is 3.02. The van der Waals surface area contributed by atoms with Crippen LogP contribution in [0.2, 0.25) is 0 Å². The third-order valence-corrected chi connectivity index (χ3v) is 6.71. The van der Waals surface area contributed by atoms with E-state index in [1.165, 1.54) is 25.2 Å². The Morgan fingerprint density at radius 2 is 1.93 bits per heavy atom. The Morgan fingerprint density at radius 3 is 2.50 bits per heavy atom. The molecule has 158 valence electrons. The van der Waals surface area contributed by atoms with Crippen molar-refractivity contribution in [2.45, 2.75) is 31.9 Å². The Kier molecular flexibility index (Phi) is 5.16. The van der Waals surface area contributed by atoms with Crippen molar-refractivity contribution in [2.24, 2.45) is 7.05 Å². The second-order valence-corrected chi connectivity index (χ2v) is 8.26. The number of methoxy groups -OCH3 is 1. The molecule has 6 heteroatoms. The van der Waals surface area contributed by atoms with Gasteiger partial charge in [-0.3, -0.25) is 4.90 Å². The topological polar surface area (TPSA) is 54.7 Å². The summed E-state index contributed by atoms with van der Waals surface area (Å²) in [4.78, 5) is 14.7. The van der Waals surface area contributed by atoms with Crippen molar-refractivity contribution in [1.29, 1.82) is 0 Å². The van der Waals surface area contributed by atoms with Crippen LogP contribution in [0.5, 0.6) is 0 Å². The summed E-state index contributed by atoms with van der Waals surface area (Å²) < 4.78 is 20.9. The van der Waals surface area contributed by atoms with E-state index in [2.05, 4.69) is 31.0 Å². The average molecular weight is 410 g/mol. The predicted octanol–water partition coefficient (Wildman–Crippen LogP) is 4.20. The van der Waals surface area contributed by atoms with E-state index in [0.29, 0.717) is 16.5 Å². The molecule has 0 spiro atoms. The lowest BCUT2D eigenvalue weighted by atomic mass is 9.88. The summed E-state index contributed by atoms with van der Waals surface area (Å²) >= 11 is 0. The SMILES string of the molecule is COC(=O)c1cc(F)cc2c1c(CO)c(-c1ccc(C3(C)CCCN3C)cc1)n2C. The first-order valence-electron chi connectivity index (χ1n) is 10.1. The van der Waals surface area contributed by atoms with E-state index in [1.54, 1.807) is 0 Å². The molecule has 0 radical (unpaired) electrons. The van der Waals surface area contributed by atoms with Gasteiger partial charge in [0.1, 0.15) is 5.82 Å². The number of aliphatic hydroxyl groups is 1. The summed E-state index contributed by atoms with van der Waals surface area (Å²) in [6, 6.07) is 10.9. The molecule has 1 unspecified atom stereocenters. The molecule has 1 atom stereocenters. The van der Waals surface area contributed by atoms with Crippen LogP contribution in [0.25, 0.3) is 22.2 Å². The second-order valence-electron chi connectivity index (χ2n) is 8.26. The number of carbonyl (C=O) groups excluding carboxylic acids is 1. The molecule has 3 aromatic rings. The molecule has 4 rings (SSSR count). The number of esters is 1. The van der Waals surface area contributed by atoms with Crippen LogP contribution >= 0.6 is 0 Å². The predicted molar refractivity (Wildman–Crippen MR) is 115 cm³/mol. The number of carbonyl (C=O) groups is 1. The van der Waals surface area contributed by atoms with Gasteiger partial charge in [0.05, 0.1) is 30.5 Å². The van der Waals surface area contributed by atoms with Gasteiger partial charge < -0.3 is 14.4 Å². The zero-order valence-corrected chi connectivity index (χ0v) is 17.8. The molecule has 0 amide bonds. The number of aliphatic hydroxyl groups excluding tert-OH is 1. The van der Waals surface area contributed by atoms with Gasteiger partial charge >= 0.3 is 5.97 Å². The number of ether oxygens (including phenoxy) is 1. The van der Waals surface area contributed by atoms with Gasteiger partial charge in [-0.15, -0.1) is 0 Å². The lowest BCUT2D eigenvalue weighted by Gasteiger charge is -2.33. The van der Waals surface area contributed by atoms with Crippen molar-refractivity contribution >= 4 is 16.9 Å². The lowest BCUT2D eigenvalue weighted by molar-refractivity contribution is 0.0602. The monoisotopic (exact) mass is 410 g/mol. The molecule has 1 aromatic heterocycles. The smallest absolute Gasteiger partial charge is 0.338 e. The number of likely N-dealkylation sites (tertiary alicyclic amines) is 1. The maximum atomic E-state index is 14.2. The maximum Gasteiger partial charge on any atom is 0.338 e. The number of benzene rings is 2. The van der Waals surface area contributed by atoms with Gasteiger partial charge in [0.25, 0.3) is 0 Å². The van der Waals surface area contributed by atoms with E-state index in [4.69, 9.17) is 4.74 Å². The van der Waals surface area contributed by atoms with Crippen LogP contribution in [0.4, 0.5) is 4.39 Å². The van der Waals surface area contributed by atoms with Gasteiger partial charge in [-0.1, -0.05) is 24.3 Å². The summed E-state index contributed by atoms with van der Waals surface area (Å²) in [6.45, 7) is 3.07. The summed E-state index contributed by atoms with van der Waals surface area (Å²) in [5.41, 5.74) is 4.18. The summed E-state index contributed by atoms with van der Waals surface area (Å²) in [6.07, 6.45) is 2.29. The van der Waals surface area contributed by atoms with Crippen LogP contribution in [-0.2, 0) is 23.9 Å². The highest BCUT2D eigenvalue weighted by atomic mass is 19.1. The van der Waals surface area contributed by atoms with Crippen molar-refractivity contribution in [2.75, 3.05) is 20.7 Å². The van der Waals surface area contributed by atoms with Gasteiger partial charge in [0.2, 0.25) is 0 Å². The number of hydrogen-bond donors (Lipinski definition) is 1. The molecular weight excluding hydrogens is 383 g/mol. The molecule has 2 heterocycles. The summed E-state index contributed by atoms with van der Waals surface area (Å²) in [5, 5.41) is 10.7. The van der Waals surface area contributed by atoms with Gasteiger partial charge in [-0.25, -0.2) is 9.18 Å². The fourth-order valence-corrected chi connectivity index (χ4v) is 4.86. The van der Waals surface area contributed by atoms with Crippen LogP contribution in [0.15, 0.2) is 36.4 Å². The normalized spacial score (nSPS) is 19.5. The molecule has 2 aromatic carbocycles. The van der Waals surface area contributed by atoms with Gasteiger partial charge in [0.15, 0.2) is 0 Å². The van der Waals surface area contributed by atoms with E-state index in [9.17, 15) is 14.3 Å². The molecule has 1 aliphatic heterocycles. The zero-order chi connectivity index (χ0) is 21.6. The fraction of sp³-hybridized carbons (Fsp3) is 0.375. The molecule has 1 fully saturated rings. The first-order chi connectivity index (χ1) is 14.3. The van der Waals surface area contributed by atoms with Crippen LogP contribution in [0.1, 0.15) is 41.3 Å². The van der Waals surface area contributed by atoms with E-state index in [1.807, 2.05) is 23.7 Å². The van der Waals surface area contributed by atoms with E-state index in [-0.39, 0.29) is 17.7 Å². The molecule has 0 saturated carbocycles. The third-order valence-electron chi connectivity index (χ3n) is 6.71.